The Hall–Kier alpha value is -3.24. The van der Waals surface area contributed by atoms with E-state index >= 15 is 0 Å². The summed E-state index contributed by atoms with van der Waals surface area (Å²) in [5.41, 5.74) is 1.31. The number of benzene rings is 1. The van der Waals surface area contributed by atoms with Crippen LogP contribution in [0, 0.1) is 11.3 Å². The minimum absolute atomic E-state index is 0.140. The van der Waals surface area contributed by atoms with Crippen molar-refractivity contribution in [3.05, 3.63) is 59.4 Å². The molecule has 2 heterocycles. The van der Waals surface area contributed by atoms with E-state index in [1.54, 1.807) is 47.4 Å². The summed E-state index contributed by atoms with van der Waals surface area (Å²) in [7, 11) is 0. The van der Waals surface area contributed by atoms with Crippen LogP contribution < -0.4 is 5.32 Å². The predicted octanol–water partition coefficient (Wildman–Crippen LogP) is 1.68. The number of hydrogen-bond acceptors (Lipinski definition) is 5. The lowest BCUT2D eigenvalue weighted by Crippen LogP contribution is -2.41. The number of anilines is 1. The lowest BCUT2D eigenvalue weighted by molar-refractivity contribution is 0.0299. The molecule has 0 bridgehead atoms. The van der Waals surface area contributed by atoms with Crippen LogP contribution in [0.5, 0.6) is 0 Å². The summed E-state index contributed by atoms with van der Waals surface area (Å²) < 4.78 is 5.23. The highest BCUT2D eigenvalue weighted by Crippen LogP contribution is 2.12. The maximum Gasteiger partial charge on any atom is 0.274 e. The van der Waals surface area contributed by atoms with Gasteiger partial charge in [0.15, 0.2) is 0 Å². The average Bonchev–Trinajstić information content (AvgIpc) is 2.68. The summed E-state index contributed by atoms with van der Waals surface area (Å²) in [5, 5.41) is 11.6. The van der Waals surface area contributed by atoms with Crippen molar-refractivity contribution in [2.24, 2.45) is 0 Å². The van der Waals surface area contributed by atoms with Crippen LogP contribution in [0.2, 0.25) is 0 Å². The molecule has 1 N–H and O–H groups in total. The third-order valence-corrected chi connectivity index (χ3v) is 3.75. The lowest BCUT2D eigenvalue weighted by atomic mass is 10.2. The number of morpholine rings is 1. The van der Waals surface area contributed by atoms with Gasteiger partial charge in [0.2, 0.25) is 0 Å². The van der Waals surface area contributed by atoms with E-state index in [9.17, 15) is 9.59 Å². The number of nitriles is 1. The minimum Gasteiger partial charge on any atom is -0.378 e. The monoisotopic (exact) mass is 336 g/mol. The molecular weight excluding hydrogens is 320 g/mol. The van der Waals surface area contributed by atoms with Gasteiger partial charge in [-0.05, 0) is 30.3 Å². The van der Waals surface area contributed by atoms with Crippen LogP contribution in [-0.2, 0) is 4.74 Å². The fraction of sp³-hybridized carbons (Fsp3) is 0.222. The molecule has 0 radical (unpaired) electrons. The molecule has 0 spiro atoms. The predicted molar refractivity (Wildman–Crippen MR) is 90.1 cm³/mol. The van der Waals surface area contributed by atoms with Gasteiger partial charge < -0.3 is 15.0 Å². The number of ether oxygens (including phenoxy) is 1. The summed E-state index contributed by atoms with van der Waals surface area (Å²) in [6.45, 7) is 2.03. The van der Waals surface area contributed by atoms with Gasteiger partial charge in [-0.2, -0.15) is 5.26 Å². The molecule has 2 amide bonds. The number of aromatic nitrogens is 1. The van der Waals surface area contributed by atoms with Gasteiger partial charge in [-0.3, -0.25) is 9.59 Å². The first-order valence-electron chi connectivity index (χ1n) is 7.83. The van der Waals surface area contributed by atoms with Crippen LogP contribution >= 0.6 is 0 Å². The number of nitrogens with zero attached hydrogens (tertiary/aromatic N) is 3. The fourth-order valence-electron chi connectivity index (χ4n) is 2.47. The number of amides is 2. The Morgan fingerprint density at radius 3 is 2.60 bits per heavy atom. The van der Waals surface area contributed by atoms with E-state index < -0.39 is 5.91 Å². The SMILES string of the molecule is N#Cc1cccc(NC(=O)c2cccc(C(=O)N3CCOCC3)n2)c1. The third kappa shape index (κ3) is 4.00. The van der Waals surface area contributed by atoms with Gasteiger partial charge in [-0.25, -0.2) is 4.98 Å². The first-order chi connectivity index (χ1) is 12.2. The molecule has 1 aromatic carbocycles. The summed E-state index contributed by atoms with van der Waals surface area (Å²) in [6.07, 6.45) is 0. The molecule has 1 aromatic heterocycles. The standard InChI is InChI=1S/C18H16N4O3/c19-12-13-3-1-4-14(11-13)20-17(23)15-5-2-6-16(21-15)18(24)22-7-9-25-10-8-22/h1-6,11H,7-10H2,(H,20,23). The third-order valence-electron chi connectivity index (χ3n) is 3.75. The maximum absolute atomic E-state index is 12.5. The molecule has 7 heteroatoms. The molecule has 1 fully saturated rings. The Morgan fingerprint density at radius 2 is 1.84 bits per heavy atom. The van der Waals surface area contributed by atoms with Gasteiger partial charge in [0, 0.05) is 18.8 Å². The number of nitrogens with one attached hydrogen (secondary N) is 1. The molecule has 126 valence electrons. The van der Waals surface area contributed by atoms with Gasteiger partial charge in [0.25, 0.3) is 11.8 Å². The molecule has 7 nitrogen and oxygen atoms in total. The van der Waals surface area contributed by atoms with E-state index in [1.807, 2.05) is 6.07 Å². The second kappa shape index (κ2) is 7.55. The maximum atomic E-state index is 12.5. The lowest BCUT2D eigenvalue weighted by Gasteiger charge is -2.26. The van der Waals surface area contributed by atoms with Crippen molar-refractivity contribution in [1.29, 1.82) is 5.26 Å². The normalized spacial score (nSPS) is 13.8. The summed E-state index contributed by atoms with van der Waals surface area (Å²) >= 11 is 0. The molecule has 1 saturated heterocycles. The number of pyridine rings is 1. The van der Waals surface area contributed by atoms with Gasteiger partial charge in [-0.1, -0.05) is 12.1 Å². The second-order valence-corrected chi connectivity index (χ2v) is 5.46. The highest BCUT2D eigenvalue weighted by atomic mass is 16.5. The van der Waals surface area contributed by atoms with Crippen molar-refractivity contribution in [2.75, 3.05) is 31.6 Å². The van der Waals surface area contributed by atoms with E-state index in [4.69, 9.17) is 10.00 Å². The van der Waals surface area contributed by atoms with E-state index in [1.165, 1.54) is 0 Å². The zero-order valence-electron chi connectivity index (χ0n) is 13.4. The number of rotatable bonds is 3. The first kappa shape index (κ1) is 16.6. The van der Waals surface area contributed by atoms with Gasteiger partial charge >= 0.3 is 0 Å². The molecule has 1 aliphatic heterocycles. The van der Waals surface area contributed by atoms with E-state index in [0.717, 1.165) is 0 Å². The van der Waals surface area contributed by atoms with Crippen LogP contribution in [0.4, 0.5) is 5.69 Å². The zero-order valence-corrected chi connectivity index (χ0v) is 13.4. The Kier molecular flexibility index (Phi) is 5.02. The first-order valence-corrected chi connectivity index (χ1v) is 7.83. The topological polar surface area (TPSA) is 95.3 Å². The molecule has 1 aliphatic rings. The minimum atomic E-state index is -0.438. The Morgan fingerprint density at radius 1 is 1.12 bits per heavy atom. The summed E-state index contributed by atoms with van der Waals surface area (Å²) in [6, 6.07) is 13.4. The van der Waals surface area contributed by atoms with Crippen molar-refractivity contribution in [3.63, 3.8) is 0 Å². The average molecular weight is 336 g/mol. The quantitative estimate of drug-likeness (QED) is 0.920. The van der Waals surface area contributed by atoms with Crippen LogP contribution in [-0.4, -0.2) is 48.0 Å². The van der Waals surface area contributed by atoms with Crippen molar-refractivity contribution in [2.45, 2.75) is 0 Å². The molecule has 0 saturated carbocycles. The molecule has 25 heavy (non-hydrogen) atoms. The number of carbonyl (C=O) groups excluding carboxylic acids is 2. The van der Waals surface area contributed by atoms with Crippen LogP contribution in [0.15, 0.2) is 42.5 Å². The fourth-order valence-corrected chi connectivity index (χ4v) is 2.47. The van der Waals surface area contributed by atoms with Crippen LogP contribution in [0.3, 0.4) is 0 Å². The van der Waals surface area contributed by atoms with Crippen molar-refractivity contribution < 1.29 is 14.3 Å². The highest BCUT2D eigenvalue weighted by molar-refractivity contribution is 6.03. The van der Waals surface area contributed by atoms with Crippen molar-refractivity contribution in [3.8, 4) is 6.07 Å². The largest absolute Gasteiger partial charge is 0.378 e. The molecule has 0 atom stereocenters. The Labute approximate surface area is 144 Å². The summed E-state index contributed by atoms with van der Waals surface area (Å²) in [5.74, 6) is -0.656. The number of hydrogen-bond donors (Lipinski definition) is 1. The van der Waals surface area contributed by atoms with Crippen molar-refractivity contribution in [1.82, 2.24) is 9.88 Å². The zero-order chi connectivity index (χ0) is 17.6. The Balaban J connectivity index is 1.75. The highest BCUT2D eigenvalue weighted by Gasteiger charge is 2.20. The van der Waals surface area contributed by atoms with Gasteiger partial charge in [-0.15, -0.1) is 0 Å². The molecule has 0 aliphatic carbocycles. The van der Waals surface area contributed by atoms with Crippen LogP contribution in [0.1, 0.15) is 26.5 Å². The van der Waals surface area contributed by atoms with Crippen molar-refractivity contribution >= 4 is 17.5 Å². The summed E-state index contributed by atoms with van der Waals surface area (Å²) in [4.78, 5) is 30.7. The molecule has 2 aromatic rings. The second-order valence-electron chi connectivity index (χ2n) is 5.46. The van der Waals surface area contributed by atoms with E-state index in [0.29, 0.717) is 37.6 Å². The Bertz CT molecular complexity index is 838. The van der Waals surface area contributed by atoms with Gasteiger partial charge in [0.05, 0.1) is 24.8 Å². The number of carbonyl (C=O) groups is 2. The van der Waals surface area contributed by atoms with Gasteiger partial charge in [0.1, 0.15) is 11.4 Å². The molecule has 0 unspecified atom stereocenters. The van der Waals surface area contributed by atoms with E-state index in [-0.39, 0.29) is 17.3 Å². The molecule has 3 rings (SSSR count). The smallest absolute Gasteiger partial charge is 0.274 e. The van der Waals surface area contributed by atoms with Crippen LogP contribution in [0.25, 0.3) is 0 Å². The van der Waals surface area contributed by atoms with E-state index in [2.05, 4.69) is 10.3 Å². The molecular formula is C18H16N4O3.